The van der Waals surface area contributed by atoms with E-state index in [9.17, 15) is 52.7 Å². The molecule has 1 aromatic carbocycles. The molecule has 744 valence electrons. The number of carbonyl (C=O) groups excluding carboxylic acids is 11. The second-order valence-corrected chi connectivity index (χ2v) is 40.1. The molecule has 1 N–H and O–H groups in total. The minimum atomic E-state index is -0.215. The molecule has 0 heterocycles. The first kappa shape index (κ1) is 153. The Hall–Kier alpha value is -6.87. The molecule has 0 aromatic heterocycles. The Morgan fingerprint density at radius 3 is 0.802 bits per heavy atom. The lowest BCUT2D eigenvalue weighted by Gasteiger charge is -2.19. The molecule has 1 amide bonds. The van der Waals surface area contributed by atoms with Crippen LogP contribution in [0.1, 0.15) is 426 Å². The normalized spacial score (nSPS) is 9.83. The molecular formula is C111H211NO14. The fourth-order valence-corrected chi connectivity index (χ4v) is 9.79. The lowest BCUT2D eigenvalue weighted by molar-refractivity contribution is -0.145. The van der Waals surface area contributed by atoms with Gasteiger partial charge in [-0.25, -0.2) is 0 Å². The van der Waals surface area contributed by atoms with E-state index in [2.05, 4.69) is 169 Å². The molecule has 0 aliphatic rings. The van der Waals surface area contributed by atoms with Crippen LogP contribution in [0, 0.1) is 125 Å². The first-order chi connectivity index (χ1) is 57.6. The molecule has 0 fully saturated rings. The van der Waals surface area contributed by atoms with Crippen LogP contribution in [0.5, 0.6) is 0 Å². The molecule has 0 bridgehead atoms. The predicted molar refractivity (Wildman–Crippen MR) is 550 cm³/mol. The molecular weight excluding hydrogens is 1570 g/mol. The van der Waals surface area contributed by atoms with Crippen molar-refractivity contribution in [2.24, 2.45) is 100 Å². The molecule has 15 nitrogen and oxygen atoms in total. The standard InChI is InChI=1S/C11H16.C8H15NO.C8H16O2.C8H14O2.C8H12O2.C8H18.7C6H12O.C6H14.C6H12.C6H10/c1-10(2)8-9-11-6-4-3-5-7-11;1-4-5-9-8(10)6-7(2)3;3*1-4-5-10-8(9)6-7(2)3;1-7(2)6-8(3,4)5;7*1-5(2)4-6(3)7;3*1-4-5-6(2)3/h3-7,10H,8-9H2,1-2H3;4,7H,1,5-6H2,2-3H3,(H,9,10);7H,4-6H2,1-3H3;4,7H,1,5-6H2,2-3H3;1,7H,5-6H2,2-3H3;7H,6H2,1-5H3;7*5H,4H2,1-3H3;6H,4-5H2,1-3H3;4,6H,1,5H2,2-3H3;1,6H,5H2,2-3H3. The Bertz CT molecular complexity index is 2520. The summed E-state index contributed by atoms with van der Waals surface area (Å²) in [5.41, 5.74) is 1.98. The van der Waals surface area contributed by atoms with Crippen LogP contribution in [0.4, 0.5) is 0 Å². The first-order valence-electron chi connectivity index (χ1n) is 47.5. The number of ketones is 7. The van der Waals surface area contributed by atoms with Crippen LogP contribution in [0.2, 0.25) is 0 Å². The Kier molecular flexibility index (Phi) is 137. The van der Waals surface area contributed by atoms with E-state index in [0.29, 0.717) is 122 Å². The predicted octanol–water partition coefficient (Wildman–Crippen LogP) is 30.3. The third-order valence-corrected chi connectivity index (χ3v) is 13.7. The van der Waals surface area contributed by atoms with Crippen molar-refractivity contribution in [1.82, 2.24) is 5.32 Å². The molecule has 15 heteroatoms. The summed E-state index contributed by atoms with van der Waals surface area (Å²) in [5.74, 6) is 15.7. The van der Waals surface area contributed by atoms with Crippen LogP contribution < -0.4 is 5.32 Å². The fraction of sp³-hybridized carbons (Fsp3) is 0.757. The lowest BCUT2D eigenvalue weighted by Crippen LogP contribution is -2.24. The lowest BCUT2D eigenvalue weighted by atomic mass is 9.86. The van der Waals surface area contributed by atoms with Crippen LogP contribution in [-0.2, 0) is 73.4 Å². The van der Waals surface area contributed by atoms with Gasteiger partial charge in [0.25, 0.3) is 0 Å². The number of hydrogen-bond acceptors (Lipinski definition) is 14. The number of allylic oxidation sites excluding steroid dienone is 1. The van der Waals surface area contributed by atoms with Crippen molar-refractivity contribution in [1.29, 1.82) is 0 Å². The van der Waals surface area contributed by atoms with Crippen LogP contribution >= 0.6 is 0 Å². The number of esters is 3. The Labute approximate surface area is 783 Å². The van der Waals surface area contributed by atoms with Gasteiger partial charge in [0.15, 0.2) is 6.61 Å². The van der Waals surface area contributed by atoms with E-state index in [-0.39, 0.29) is 70.9 Å². The molecule has 0 aliphatic heterocycles. The Balaban J connectivity index is -0.0000000805. The van der Waals surface area contributed by atoms with Gasteiger partial charge in [0.05, 0.1) is 6.61 Å². The van der Waals surface area contributed by atoms with Gasteiger partial charge in [-0.05, 0) is 186 Å². The van der Waals surface area contributed by atoms with Crippen molar-refractivity contribution in [2.75, 3.05) is 26.4 Å². The van der Waals surface area contributed by atoms with Gasteiger partial charge in [-0.3, -0.25) is 19.2 Å². The first-order valence-corrected chi connectivity index (χ1v) is 47.5. The van der Waals surface area contributed by atoms with Gasteiger partial charge in [-0.1, -0.05) is 330 Å². The maximum atomic E-state index is 10.9. The highest BCUT2D eigenvalue weighted by molar-refractivity contribution is 5.78. The average molecular weight is 1780 g/mol. The summed E-state index contributed by atoms with van der Waals surface area (Å²) in [6.07, 6.45) is 31.7. The Morgan fingerprint density at radius 2 is 0.643 bits per heavy atom. The van der Waals surface area contributed by atoms with Crippen LogP contribution in [0.25, 0.3) is 0 Å². The number of Topliss-reactive ketones (excluding diaryl/α,β-unsaturated/α-hetero) is 7. The number of amides is 1. The molecule has 126 heavy (non-hydrogen) atoms. The third-order valence-electron chi connectivity index (χ3n) is 13.7. The zero-order valence-corrected chi connectivity index (χ0v) is 91.1. The summed E-state index contributed by atoms with van der Waals surface area (Å²) in [4.78, 5) is 115. The number of benzene rings is 1. The summed E-state index contributed by atoms with van der Waals surface area (Å²) < 4.78 is 14.2. The maximum absolute atomic E-state index is 10.9. The summed E-state index contributed by atoms with van der Waals surface area (Å²) >= 11 is 0. The van der Waals surface area contributed by atoms with Crippen LogP contribution in [0.15, 0.2) is 68.3 Å². The number of ether oxygens (including phenoxy) is 3. The number of carbonyl (C=O) groups is 11. The van der Waals surface area contributed by atoms with Gasteiger partial charge in [0, 0.05) is 83.6 Å². The number of nitrogens with one attached hydrogen (secondary N) is 1. The van der Waals surface area contributed by atoms with Crippen molar-refractivity contribution in [3.63, 3.8) is 0 Å². The van der Waals surface area contributed by atoms with E-state index in [0.717, 1.165) is 87.9 Å². The molecule has 0 saturated carbocycles. The fourth-order valence-electron chi connectivity index (χ4n) is 9.79. The molecule has 1 rings (SSSR count). The summed E-state index contributed by atoms with van der Waals surface area (Å²) in [6.45, 7) is 101. The monoisotopic (exact) mass is 1780 g/mol. The van der Waals surface area contributed by atoms with E-state index in [1.807, 2.05) is 165 Å². The zero-order valence-electron chi connectivity index (χ0n) is 91.1. The summed E-state index contributed by atoms with van der Waals surface area (Å²) in [7, 11) is 0. The molecule has 0 unspecified atom stereocenters. The van der Waals surface area contributed by atoms with Gasteiger partial charge in [-0.15, -0.1) is 31.9 Å². The summed E-state index contributed by atoms with van der Waals surface area (Å²) in [6, 6.07) is 10.7. The van der Waals surface area contributed by atoms with E-state index >= 15 is 0 Å². The van der Waals surface area contributed by atoms with Crippen molar-refractivity contribution >= 4 is 64.3 Å². The molecule has 1 aromatic rings. The highest BCUT2D eigenvalue weighted by Gasteiger charge is 2.12. The van der Waals surface area contributed by atoms with Crippen molar-refractivity contribution in [3.05, 3.63) is 73.9 Å². The van der Waals surface area contributed by atoms with Crippen molar-refractivity contribution in [2.45, 2.75) is 427 Å². The molecule has 0 spiro atoms. The minimum absolute atomic E-state index is 0.0724. The minimum Gasteiger partial charge on any atom is -0.466 e. The quantitative estimate of drug-likeness (QED) is 0.0281. The van der Waals surface area contributed by atoms with Gasteiger partial charge in [0.2, 0.25) is 5.91 Å². The zero-order chi connectivity index (χ0) is 103. The number of hydrogen-bond donors (Lipinski definition) is 1. The second kappa shape index (κ2) is 112. The molecule has 0 aliphatic carbocycles. The van der Waals surface area contributed by atoms with Gasteiger partial charge >= 0.3 is 17.9 Å². The van der Waals surface area contributed by atoms with E-state index in [1.165, 1.54) is 37.7 Å². The number of rotatable bonds is 38. The van der Waals surface area contributed by atoms with Gasteiger partial charge in [-0.2, -0.15) is 0 Å². The highest BCUT2D eigenvalue weighted by Crippen LogP contribution is 2.23. The van der Waals surface area contributed by atoms with Gasteiger partial charge < -0.3 is 53.1 Å². The largest absolute Gasteiger partial charge is 0.466 e. The molecule has 0 atom stereocenters. The van der Waals surface area contributed by atoms with Crippen molar-refractivity contribution in [3.8, 4) is 24.7 Å². The van der Waals surface area contributed by atoms with Crippen molar-refractivity contribution < 1.29 is 67.0 Å². The van der Waals surface area contributed by atoms with E-state index in [4.69, 9.17) is 22.3 Å². The molecule has 0 radical (unpaired) electrons. The van der Waals surface area contributed by atoms with Gasteiger partial charge in [0.1, 0.15) is 47.1 Å². The highest BCUT2D eigenvalue weighted by atomic mass is 16.5. The van der Waals surface area contributed by atoms with E-state index in [1.54, 1.807) is 60.6 Å². The average Bonchev–Trinajstić information content (AvgIpc) is 0.959. The van der Waals surface area contributed by atoms with Crippen LogP contribution in [-0.4, -0.2) is 90.7 Å². The Morgan fingerprint density at radius 1 is 0.349 bits per heavy atom. The SMILES string of the molecule is C#CCC(C)C.C#CCOC(=O)CC(C)C.C=CCC(C)C.C=CCNC(=O)CC(C)C.C=CCOC(=O)CC(C)C.CC(=O)CC(C)C.CC(=O)CC(C)C.CC(=O)CC(C)C.CC(=O)CC(C)C.CC(=O)CC(C)C.CC(=O)CC(C)C.CC(=O)CC(C)C.CC(C)CC(C)(C)C.CC(C)CCc1ccccc1.CCCC(C)C.CCCOC(=O)CC(C)C. The maximum Gasteiger partial charge on any atom is 0.307 e. The molecule has 0 saturated heterocycles. The van der Waals surface area contributed by atoms with Crippen LogP contribution in [0.3, 0.4) is 0 Å². The smallest absolute Gasteiger partial charge is 0.307 e. The third kappa shape index (κ3) is 246. The number of aryl methyl sites for hydroxylation is 1. The summed E-state index contributed by atoms with van der Waals surface area (Å²) in [5, 5.41) is 2.71. The second-order valence-electron chi connectivity index (χ2n) is 40.1. The number of terminal acetylenes is 2. The van der Waals surface area contributed by atoms with E-state index < -0.39 is 0 Å². The topological polar surface area (TPSA) is 227 Å².